The molecule has 0 spiro atoms. The van der Waals surface area contributed by atoms with Crippen LogP contribution in [0.15, 0.2) is 46.3 Å². The summed E-state index contributed by atoms with van der Waals surface area (Å²) in [6.45, 7) is 0. The van der Waals surface area contributed by atoms with Crippen molar-refractivity contribution in [2.24, 2.45) is 0 Å². The van der Waals surface area contributed by atoms with Gasteiger partial charge in [0, 0.05) is 47.8 Å². The van der Waals surface area contributed by atoms with Gasteiger partial charge in [0.25, 0.3) is 5.91 Å². The van der Waals surface area contributed by atoms with Crippen molar-refractivity contribution in [2.75, 3.05) is 24.3 Å². The summed E-state index contributed by atoms with van der Waals surface area (Å²) in [6.07, 6.45) is 3.98. The minimum absolute atomic E-state index is 0.0232. The Morgan fingerprint density at radius 1 is 1.14 bits per heavy atom. The Morgan fingerprint density at radius 3 is 2.55 bits per heavy atom. The van der Waals surface area contributed by atoms with Gasteiger partial charge in [-0.2, -0.15) is 0 Å². The number of carbonyl (C=O) groups excluding carboxylic acids is 1. The van der Waals surface area contributed by atoms with Gasteiger partial charge in [-0.3, -0.25) is 4.79 Å². The van der Waals surface area contributed by atoms with Crippen LogP contribution >= 0.6 is 27.3 Å². The van der Waals surface area contributed by atoms with Crippen LogP contribution in [0.4, 0.5) is 11.5 Å². The van der Waals surface area contributed by atoms with E-state index >= 15 is 0 Å². The van der Waals surface area contributed by atoms with Crippen molar-refractivity contribution in [1.82, 2.24) is 10.3 Å². The molecule has 0 saturated heterocycles. The van der Waals surface area contributed by atoms with Crippen molar-refractivity contribution in [1.29, 1.82) is 0 Å². The molecule has 1 saturated carbocycles. The maximum Gasteiger partial charge on any atom is 0.262 e. The van der Waals surface area contributed by atoms with Crippen molar-refractivity contribution in [3.8, 4) is 0 Å². The van der Waals surface area contributed by atoms with Gasteiger partial charge in [0.15, 0.2) is 0 Å². The maximum atomic E-state index is 12.4. The van der Waals surface area contributed by atoms with Crippen LogP contribution in [0.1, 0.15) is 35.4 Å². The van der Waals surface area contributed by atoms with Gasteiger partial charge in [-0.1, -0.05) is 18.2 Å². The van der Waals surface area contributed by atoms with Gasteiger partial charge < -0.3 is 15.5 Å². The Labute approximate surface area is 183 Å². The van der Waals surface area contributed by atoms with E-state index in [9.17, 15) is 4.79 Å². The van der Waals surface area contributed by atoms with Crippen LogP contribution in [0.25, 0.3) is 10.9 Å². The van der Waals surface area contributed by atoms with E-state index in [2.05, 4.69) is 69.8 Å². The lowest BCUT2D eigenvalue weighted by Crippen LogP contribution is -2.40. The van der Waals surface area contributed by atoms with Gasteiger partial charge in [0.1, 0.15) is 10.7 Å². The molecule has 2 heterocycles. The van der Waals surface area contributed by atoms with E-state index < -0.39 is 0 Å². The Hall–Kier alpha value is -2.12. The highest BCUT2D eigenvalue weighted by atomic mass is 79.9. The number of rotatable bonds is 5. The maximum absolute atomic E-state index is 12.4. The van der Waals surface area contributed by atoms with E-state index in [4.69, 9.17) is 4.98 Å². The smallest absolute Gasteiger partial charge is 0.262 e. The minimum atomic E-state index is 0.0232. The van der Waals surface area contributed by atoms with Gasteiger partial charge in [-0.25, -0.2) is 4.98 Å². The van der Waals surface area contributed by atoms with Crippen LogP contribution in [0.5, 0.6) is 0 Å². The fourth-order valence-electron chi connectivity index (χ4n) is 3.90. The molecular weight excluding hydrogens is 448 g/mol. The molecule has 1 aromatic carbocycles. The van der Waals surface area contributed by atoms with Crippen molar-refractivity contribution >= 4 is 55.6 Å². The molecule has 1 aliphatic rings. The molecule has 29 heavy (non-hydrogen) atoms. The van der Waals surface area contributed by atoms with Crippen LogP contribution in [-0.2, 0) is 0 Å². The van der Waals surface area contributed by atoms with Crippen molar-refractivity contribution in [3.05, 3.63) is 51.1 Å². The number of halogens is 1. The third kappa shape index (κ3) is 4.56. The molecule has 7 heteroatoms. The summed E-state index contributed by atoms with van der Waals surface area (Å²) < 4.78 is 0.870. The lowest BCUT2D eigenvalue weighted by molar-refractivity contribution is 0.0930. The number of para-hydroxylation sites is 1. The van der Waals surface area contributed by atoms with Gasteiger partial charge >= 0.3 is 0 Å². The number of nitrogens with zero attached hydrogens (tertiary/aromatic N) is 2. The SMILES string of the molecule is CN(C)c1cc(NC2CCC(NC(=O)c3sccc3Br)CC2)nc2ccccc12. The zero-order chi connectivity index (χ0) is 20.4. The first-order chi connectivity index (χ1) is 14.0. The van der Waals surface area contributed by atoms with E-state index in [-0.39, 0.29) is 11.9 Å². The first-order valence-corrected chi connectivity index (χ1v) is 11.6. The average Bonchev–Trinajstić information content (AvgIpc) is 3.15. The summed E-state index contributed by atoms with van der Waals surface area (Å²) in [5.74, 6) is 0.942. The minimum Gasteiger partial charge on any atom is -0.377 e. The Kier molecular flexibility index (Phi) is 6.06. The molecule has 0 radical (unpaired) electrons. The molecule has 5 nitrogen and oxygen atoms in total. The first kappa shape index (κ1) is 20.2. The number of benzene rings is 1. The molecule has 0 aliphatic heterocycles. The number of amides is 1. The number of aromatic nitrogens is 1. The fourth-order valence-corrected chi connectivity index (χ4v) is 5.35. The molecule has 1 amide bonds. The highest BCUT2D eigenvalue weighted by Crippen LogP contribution is 2.29. The summed E-state index contributed by atoms with van der Waals surface area (Å²) in [6, 6.07) is 12.9. The number of hydrogen-bond acceptors (Lipinski definition) is 5. The molecule has 4 rings (SSSR count). The number of pyridine rings is 1. The van der Waals surface area contributed by atoms with Crippen LogP contribution in [0, 0.1) is 0 Å². The number of fused-ring (bicyclic) bond motifs is 1. The molecule has 3 aromatic rings. The third-order valence-corrected chi connectivity index (χ3v) is 7.25. The zero-order valence-electron chi connectivity index (χ0n) is 16.6. The van der Waals surface area contributed by atoms with Gasteiger partial charge in [0.05, 0.1) is 5.52 Å². The summed E-state index contributed by atoms with van der Waals surface area (Å²) >= 11 is 4.91. The van der Waals surface area contributed by atoms with Crippen LogP contribution in [0.3, 0.4) is 0 Å². The van der Waals surface area contributed by atoms with E-state index in [0.717, 1.165) is 51.8 Å². The van der Waals surface area contributed by atoms with Gasteiger partial charge in [-0.15, -0.1) is 11.3 Å². The van der Waals surface area contributed by atoms with Crippen molar-refractivity contribution < 1.29 is 4.79 Å². The first-order valence-electron chi connectivity index (χ1n) is 9.89. The van der Waals surface area contributed by atoms with Crippen LogP contribution in [0.2, 0.25) is 0 Å². The fraction of sp³-hybridized carbons (Fsp3) is 0.364. The molecular formula is C22H25BrN4OS. The monoisotopic (exact) mass is 472 g/mol. The number of anilines is 2. The molecule has 1 aliphatic carbocycles. The lowest BCUT2D eigenvalue weighted by atomic mass is 9.91. The summed E-state index contributed by atoms with van der Waals surface area (Å²) in [7, 11) is 4.12. The number of carbonyl (C=O) groups is 1. The van der Waals surface area contributed by atoms with Crippen LogP contribution in [-0.4, -0.2) is 37.1 Å². The molecule has 1 fully saturated rings. The summed E-state index contributed by atoms with van der Waals surface area (Å²) in [4.78, 5) is 20.1. The predicted octanol–water partition coefficient (Wildman–Crippen LogP) is 5.28. The quantitative estimate of drug-likeness (QED) is 0.530. The highest BCUT2D eigenvalue weighted by molar-refractivity contribution is 9.10. The number of thiophene rings is 1. The lowest BCUT2D eigenvalue weighted by Gasteiger charge is -2.30. The van der Waals surface area contributed by atoms with E-state index in [1.165, 1.54) is 17.0 Å². The van der Waals surface area contributed by atoms with E-state index in [1.807, 2.05) is 17.5 Å². The van der Waals surface area contributed by atoms with E-state index in [0.29, 0.717) is 6.04 Å². The molecule has 2 N–H and O–H groups in total. The summed E-state index contributed by atoms with van der Waals surface area (Å²) in [5, 5.41) is 9.90. The third-order valence-electron chi connectivity index (χ3n) is 5.41. The van der Waals surface area contributed by atoms with Crippen LogP contribution < -0.4 is 15.5 Å². The topological polar surface area (TPSA) is 57.3 Å². The van der Waals surface area contributed by atoms with Crippen molar-refractivity contribution in [2.45, 2.75) is 37.8 Å². The van der Waals surface area contributed by atoms with Gasteiger partial charge in [0.2, 0.25) is 0 Å². The standard InChI is InChI=1S/C22H25BrN4OS/c1-27(2)19-13-20(26-18-6-4-3-5-16(18)19)24-14-7-9-15(10-8-14)25-22(28)21-17(23)11-12-29-21/h3-6,11-15H,7-10H2,1-2H3,(H,24,26)(H,25,28). The Balaban J connectivity index is 1.38. The average molecular weight is 473 g/mol. The Morgan fingerprint density at radius 2 is 1.86 bits per heavy atom. The van der Waals surface area contributed by atoms with E-state index in [1.54, 1.807) is 0 Å². The normalized spacial score (nSPS) is 19.1. The highest BCUT2D eigenvalue weighted by Gasteiger charge is 2.24. The predicted molar refractivity (Wildman–Crippen MR) is 125 cm³/mol. The van der Waals surface area contributed by atoms with Crippen molar-refractivity contribution in [3.63, 3.8) is 0 Å². The number of nitrogens with one attached hydrogen (secondary N) is 2. The molecule has 2 aromatic heterocycles. The Bertz CT molecular complexity index is 1010. The molecule has 0 atom stereocenters. The largest absolute Gasteiger partial charge is 0.377 e. The second kappa shape index (κ2) is 8.71. The second-order valence-corrected chi connectivity index (χ2v) is 9.47. The molecule has 152 valence electrons. The zero-order valence-corrected chi connectivity index (χ0v) is 19.0. The van der Waals surface area contributed by atoms with Gasteiger partial charge in [-0.05, 0) is 59.1 Å². The second-order valence-electron chi connectivity index (χ2n) is 7.70. The number of hydrogen-bond donors (Lipinski definition) is 2. The molecule has 0 bridgehead atoms. The summed E-state index contributed by atoms with van der Waals surface area (Å²) in [5.41, 5.74) is 2.17. The molecule has 0 unspecified atom stereocenters.